The zero-order valence-electron chi connectivity index (χ0n) is 15.1. The first-order chi connectivity index (χ1) is 10.9. The van der Waals surface area contributed by atoms with E-state index in [-0.39, 0.29) is 6.10 Å². The molecule has 0 aromatic heterocycles. The molecule has 4 aliphatic carbocycles. The summed E-state index contributed by atoms with van der Waals surface area (Å²) < 4.78 is 5.94. The van der Waals surface area contributed by atoms with Crippen LogP contribution in [0.15, 0.2) is 0 Å². The van der Waals surface area contributed by atoms with Crippen LogP contribution in [0.5, 0.6) is 0 Å². The molecular weight excluding hydrogens is 284 g/mol. The molecule has 10 atom stereocenters. The summed E-state index contributed by atoms with van der Waals surface area (Å²) in [5.74, 6) is 4.19. The van der Waals surface area contributed by atoms with Crippen LogP contribution < -0.4 is 0 Å². The highest BCUT2D eigenvalue weighted by atomic mass is 16.6. The molecule has 2 nitrogen and oxygen atoms in total. The van der Waals surface area contributed by atoms with E-state index in [1.54, 1.807) is 0 Å². The number of aliphatic hydroxyl groups excluding tert-OH is 1. The van der Waals surface area contributed by atoms with Crippen molar-refractivity contribution >= 4 is 0 Å². The van der Waals surface area contributed by atoms with Gasteiger partial charge in [-0.2, -0.15) is 0 Å². The van der Waals surface area contributed by atoms with Crippen molar-refractivity contribution < 1.29 is 9.84 Å². The van der Waals surface area contributed by atoms with Gasteiger partial charge in [-0.3, -0.25) is 0 Å². The smallest absolute Gasteiger partial charge is 0.0847 e. The Morgan fingerprint density at radius 2 is 1.74 bits per heavy atom. The third-order valence-corrected chi connectivity index (χ3v) is 9.57. The lowest BCUT2D eigenvalue weighted by Crippen LogP contribution is -2.54. The number of aliphatic hydroxyl groups is 1. The van der Waals surface area contributed by atoms with Crippen LogP contribution in [0.25, 0.3) is 0 Å². The number of fused-ring (bicyclic) bond motifs is 6. The van der Waals surface area contributed by atoms with Crippen molar-refractivity contribution in [1.29, 1.82) is 0 Å². The van der Waals surface area contributed by atoms with E-state index in [9.17, 15) is 5.11 Å². The maximum absolute atomic E-state index is 10.3. The fraction of sp³-hybridized carbons (Fsp3) is 1.00. The van der Waals surface area contributed by atoms with Crippen molar-refractivity contribution in [2.75, 3.05) is 0 Å². The van der Waals surface area contributed by atoms with Crippen LogP contribution in [0.4, 0.5) is 0 Å². The number of hydrogen-bond acceptors (Lipinski definition) is 2. The van der Waals surface area contributed by atoms with Crippen molar-refractivity contribution in [3.63, 3.8) is 0 Å². The zero-order valence-corrected chi connectivity index (χ0v) is 15.1. The summed E-state index contributed by atoms with van der Waals surface area (Å²) in [4.78, 5) is 0. The van der Waals surface area contributed by atoms with Crippen molar-refractivity contribution in [2.45, 2.75) is 90.4 Å². The Morgan fingerprint density at radius 3 is 2.52 bits per heavy atom. The third-order valence-electron chi connectivity index (χ3n) is 9.57. The minimum atomic E-state index is -0.122. The second-order valence-electron chi connectivity index (χ2n) is 10.3. The zero-order chi connectivity index (χ0) is 16.0. The van der Waals surface area contributed by atoms with Crippen molar-refractivity contribution in [3.8, 4) is 0 Å². The van der Waals surface area contributed by atoms with E-state index in [1.807, 2.05) is 6.92 Å². The van der Waals surface area contributed by atoms with Crippen molar-refractivity contribution in [2.24, 2.45) is 40.4 Å². The monoisotopic (exact) mass is 318 g/mol. The van der Waals surface area contributed by atoms with Gasteiger partial charge in [0.1, 0.15) is 0 Å². The van der Waals surface area contributed by atoms with Gasteiger partial charge in [0.05, 0.1) is 18.3 Å². The van der Waals surface area contributed by atoms with Crippen LogP contribution in [0.3, 0.4) is 0 Å². The molecule has 0 bridgehead atoms. The molecule has 5 aliphatic rings. The second-order valence-corrected chi connectivity index (χ2v) is 10.3. The Bertz CT molecular complexity index is 502. The summed E-state index contributed by atoms with van der Waals surface area (Å²) >= 11 is 0. The highest BCUT2D eigenvalue weighted by Gasteiger charge is 2.63. The van der Waals surface area contributed by atoms with Gasteiger partial charge < -0.3 is 9.84 Å². The lowest BCUT2D eigenvalue weighted by Gasteiger charge is -2.60. The minimum absolute atomic E-state index is 0.122. The normalized spacial score (nSPS) is 61.8. The SMILES string of the molecule is CC(O)C1CCC2C3CCC4CC5OC5CC4(C)C3CCC12C. The topological polar surface area (TPSA) is 32.8 Å². The average Bonchev–Trinajstić information content (AvgIpc) is 3.13. The molecule has 23 heavy (non-hydrogen) atoms. The standard InChI is InChI=1S/C21H34O2/c1-12(22)15-6-7-16-14-5-4-13-10-18-19(23-18)11-21(13,3)17(14)8-9-20(15,16)2/h12-19,22H,4-11H2,1-3H3. The van der Waals surface area contributed by atoms with Crippen LogP contribution in [0.1, 0.15) is 72.1 Å². The van der Waals surface area contributed by atoms with Gasteiger partial charge in [-0.05, 0) is 98.7 Å². The average molecular weight is 319 g/mol. The predicted octanol–water partition coefficient (Wildman–Crippen LogP) is 4.40. The van der Waals surface area contributed by atoms with Gasteiger partial charge in [0, 0.05) is 0 Å². The van der Waals surface area contributed by atoms with Crippen LogP contribution in [-0.4, -0.2) is 23.4 Å². The molecule has 1 saturated heterocycles. The molecule has 0 spiro atoms. The number of rotatable bonds is 1. The lowest BCUT2D eigenvalue weighted by molar-refractivity contribution is -0.114. The van der Waals surface area contributed by atoms with Crippen LogP contribution in [0.2, 0.25) is 0 Å². The van der Waals surface area contributed by atoms with Gasteiger partial charge in [-0.15, -0.1) is 0 Å². The highest BCUT2D eigenvalue weighted by Crippen LogP contribution is 2.69. The Labute approximate surface area is 141 Å². The summed E-state index contributed by atoms with van der Waals surface area (Å²) in [6.45, 7) is 7.18. The molecule has 0 aromatic rings. The molecule has 1 heterocycles. The number of epoxide rings is 1. The molecule has 1 aliphatic heterocycles. The van der Waals surface area contributed by atoms with E-state index in [0.717, 1.165) is 23.7 Å². The van der Waals surface area contributed by atoms with Crippen LogP contribution >= 0.6 is 0 Å². The van der Waals surface area contributed by atoms with Gasteiger partial charge >= 0.3 is 0 Å². The maximum Gasteiger partial charge on any atom is 0.0847 e. The fourth-order valence-corrected chi connectivity index (χ4v) is 8.35. The first kappa shape index (κ1) is 15.2. The minimum Gasteiger partial charge on any atom is -0.393 e. The Morgan fingerprint density at radius 1 is 0.957 bits per heavy atom. The highest BCUT2D eigenvalue weighted by molar-refractivity contribution is 5.12. The largest absolute Gasteiger partial charge is 0.393 e. The summed E-state index contributed by atoms with van der Waals surface area (Å²) in [6.07, 6.45) is 12.1. The molecule has 0 amide bonds. The summed E-state index contributed by atoms with van der Waals surface area (Å²) in [7, 11) is 0. The summed E-state index contributed by atoms with van der Waals surface area (Å²) in [5.41, 5.74) is 0.955. The molecule has 0 radical (unpaired) electrons. The van der Waals surface area contributed by atoms with Gasteiger partial charge in [0.15, 0.2) is 0 Å². The van der Waals surface area contributed by atoms with Crippen LogP contribution in [-0.2, 0) is 4.74 Å². The van der Waals surface area contributed by atoms with Gasteiger partial charge in [0.2, 0.25) is 0 Å². The van der Waals surface area contributed by atoms with Gasteiger partial charge in [-0.1, -0.05) is 13.8 Å². The first-order valence-corrected chi connectivity index (χ1v) is 10.3. The summed E-state index contributed by atoms with van der Waals surface area (Å²) in [6, 6.07) is 0. The van der Waals surface area contributed by atoms with E-state index >= 15 is 0 Å². The van der Waals surface area contributed by atoms with Gasteiger partial charge in [-0.25, -0.2) is 0 Å². The molecule has 2 heteroatoms. The summed E-state index contributed by atoms with van der Waals surface area (Å²) in [5, 5.41) is 10.3. The number of ether oxygens (including phenoxy) is 1. The van der Waals surface area contributed by atoms with E-state index in [0.29, 0.717) is 29.0 Å². The van der Waals surface area contributed by atoms with E-state index < -0.39 is 0 Å². The molecule has 4 saturated carbocycles. The first-order valence-electron chi connectivity index (χ1n) is 10.3. The Balaban J connectivity index is 1.44. The lowest BCUT2D eigenvalue weighted by atomic mass is 9.45. The Hall–Kier alpha value is -0.0800. The van der Waals surface area contributed by atoms with Gasteiger partial charge in [0.25, 0.3) is 0 Å². The maximum atomic E-state index is 10.3. The third kappa shape index (κ3) is 1.94. The molecule has 5 rings (SSSR count). The number of hydrogen-bond donors (Lipinski definition) is 1. The van der Waals surface area contributed by atoms with E-state index in [2.05, 4.69) is 13.8 Å². The second kappa shape index (κ2) is 4.75. The molecule has 5 fully saturated rings. The quantitative estimate of drug-likeness (QED) is 0.727. The molecule has 130 valence electrons. The van der Waals surface area contributed by atoms with Crippen LogP contribution in [0, 0.1) is 40.4 Å². The molecule has 0 aromatic carbocycles. The van der Waals surface area contributed by atoms with Crippen molar-refractivity contribution in [1.82, 2.24) is 0 Å². The fourth-order valence-electron chi connectivity index (χ4n) is 8.35. The molecular formula is C21H34O2. The Kier molecular flexibility index (Phi) is 3.14. The predicted molar refractivity (Wildman–Crippen MR) is 90.9 cm³/mol. The molecule has 1 N–H and O–H groups in total. The van der Waals surface area contributed by atoms with E-state index in [4.69, 9.17) is 4.74 Å². The van der Waals surface area contributed by atoms with Crippen molar-refractivity contribution in [3.05, 3.63) is 0 Å². The van der Waals surface area contributed by atoms with E-state index in [1.165, 1.54) is 51.4 Å². The molecule has 10 unspecified atom stereocenters.